The Kier molecular flexibility index (Phi) is 3.08. The van der Waals surface area contributed by atoms with Crippen molar-refractivity contribution >= 4 is 11.9 Å². The molecule has 1 aromatic rings. The van der Waals surface area contributed by atoms with E-state index < -0.39 is 5.97 Å². The lowest BCUT2D eigenvalue weighted by Crippen LogP contribution is -2.30. The Morgan fingerprint density at radius 1 is 1.53 bits per heavy atom. The molecule has 2 N–H and O–H groups in total. The summed E-state index contributed by atoms with van der Waals surface area (Å²) in [6.45, 7) is 1.83. The second-order valence-electron chi connectivity index (χ2n) is 4.04. The molecule has 2 rings (SSSR count). The van der Waals surface area contributed by atoms with Gasteiger partial charge in [0, 0.05) is 6.04 Å². The Bertz CT molecular complexity index is 450. The van der Waals surface area contributed by atoms with Crippen LogP contribution in [0.5, 0.6) is 0 Å². The normalized spacial score (nSPS) is 14.6. The lowest BCUT2D eigenvalue weighted by atomic mass is 10.2. The van der Waals surface area contributed by atoms with Gasteiger partial charge in [-0.25, -0.2) is 9.48 Å². The number of hydrogen-bond acceptors (Lipinski definition) is 4. The van der Waals surface area contributed by atoms with E-state index in [4.69, 9.17) is 5.11 Å². The van der Waals surface area contributed by atoms with E-state index in [0.29, 0.717) is 12.1 Å². The Morgan fingerprint density at radius 2 is 2.24 bits per heavy atom. The van der Waals surface area contributed by atoms with Crippen molar-refractivity contribution in [2.75, 3.05) is 0 Å². The predicted octanol–water partition coefficient (Wildman–Crippen LogP) is -0.183. The number of carbonyl (C=O) groups is 2. The van der Waals surface area contributed by atoms with Crippen LogP contribution in [0.15, 0.2) is 0 Å². The van der Waals surface area contributed by atoms with Gasteiger partial charge in [-0.05, 0) is 19.3 Å². The third-order valence-electron chi connectivity index (χ3n) is 2.61. The van der Waals surface area contributed by atoms with E-state index >= 15 is 0 Å². The van der Waals surface area contributed by atoms with Gasteiger partial charge in [0.2, 0.25) is 5.91 Å². The van der Waals surface area contributed by atoms with E-state index in [1.54, 1.807) is 6.92 Å². The Balaban J connectivity index is 2.08. The fourth-order valence-corrected chi connectivity index (χ4v) is 1.61. The summed E-state index contributed by atoms with van der Waals surface area (Å²) >= 11 is 0. The Hall–Kier alpha value is -1.92. The molecule has 17 heavy (non-hydrogen) atoms. The van der Waals surface area contributed by atoms with E-state index in [1.807, 2.05) is 0 Å². The first-order valence-electron chi connectivity index (χ1n) is 5.56. The molecule has 0 spiro atoms. The van der Waals surface area contributed by atoms with Crippen LogP contribution in [0.25, 0.3) is 0 Å². The van der Waals surface area contributed by atoms with Crippen molar-refractivity contribution in [1.82, 2.24) is 20.3 Å². The summed E-state index contributed by atoms with van der Waals surface area (Å²) in [6, 6.07) is 0.287. The largest absolute Gasteiger partial charge is 0.476 e. The highest BCUT2D eigenvalue weighted by molar-refractivity contribution is 5.86. The van der Waals surface area contributed by atoms with E-state index in [1.165, 1.54) is 4.68 Å². The maximum Gasteiger partial charge on any atom is 0.358 e. The number of carbonyl (C=O) groups excluding carboxylic acids is 1. The third kappa shape index (κ3) is 2.61. The van der Waals surface area contributed by atoms with Crippen LogP contribution in [0.1, 0.15) is 35.9 Å². The van der Waals surface area contributed by atoms with Crippen LogP contribution in [0.4, 0.5) is 0 Å². The molecule has 1 fully saturated rings. The van der Waals surface area contributed by atoms with Crippen molar-refractivity contribution in [2.45, 2.75) is 38.8 Å². The van der Waals surface area contributed by atoms with Gasteiger partial charge >= 0.3 is 5.97 Å². The molecular formula is C10H14N4O3. The monoisotopic (exact) mass is 238 g/mol. The molecule has 0 unspecified atom stereocenters. The van der Waals surface area contributed by atoms with Gasteiger partial charge in [0.25, 0.3) is 0 Å². The summed E-state index contributed by atoms with van der Waals surface area (Å²) in [4.78, 5) is 22.4. The van der Waals surface area contributed by atoms with Crippen molar-refractivity contribution in [3.63, 3.8) is 0 Å². The first-order valence-corrected chi connectivity index (χ1v) is 5.56. The molecular weight excluding hydrogens is 224 g/mol. The highest BCUT2D eigenvalue weighted by Gasteiger charge is 2.24. The molecule has 0 aromatic carbocycles. The Labute approximate surface area is 97.8 Å². The lowest BCUT2D eigenvalue weighted by Gasteiger charge is -2.05. The molecule has 0 radical (unpaired) electrons. The maximum absolute atomic E-state index is 11.6. The van der Waals surface area contributed by atoms with Crippen LogP contribution in [0.2, 0.25) is 0 Å². The van der Waals surface area contributed by atoms with Crippen LogP contribution in [0.3, 0.4) is 0 Å². The van der Waals surface area contributed by atoms with Crippen LogP contribution in [-0.4, -0.2) is 38.0 Å². The average molecular weight is 238 g/mol. The smallest absolute Gasteiger partial charge is 0.358 e. The van der Waals surface area contributed by atoms with Gasteiger partial charge in [0.1, 0.15) is 6.54 Å². The number of carboxylic acid groups (broad SMARTS) is 1. The van der Waals surface area contributed by atoms with Gasteiger partial charge in [-0.1, -0.05) is 12.1 Å². The minimum absolute atomic E-state index is 0.0277. The maximum atomic E-state index is 11.6. The zero-order chi connectivity index (χ0) is 12.4. The number of nitrogens with zero attached hydrogens (tertiary/aromatic N) is 3. The third-order valence-corrected chi connectivity index (χ3v) is 2.61. The average Bonchev–Trinajstić information content (AvgIpc) is 2.96. The summed E-state index contributed by atoms with van der Waals surface area (Å²) in [6.07, 6.45) is 2.51. The van der Waals surface area contributed by atoms with Crippen LogP contribution >= 0.6 is 0 Å². The van der Waals surface area contributed by atoms with Crippen LogP contribution < -0.4 is 5.32 Å². The first kappa shape index (κ1) is 11.6. The molecule has 1 aromatic heterocycles. The van der Waals surface area contributed by atoms with Crippen molar-refractivity contribution in [3.05, 3.63) is 11.4 Å². The fourth-order valence-electron chi connectivity index (χ4n) is 1.61. The standard InChI is InChI=1S/C10H14N4O3/c1-2-7-9(10(16)17)12-13-14(7)5-8(15)11-6-3-4-6/h6H,2-5H2,1H3,(H,11,15)(H,16,17). The van der Waals surface area contributed by atoms with Crippen molar-refractivity contribution in [3.8, 4) is 0 Å². The van der Waals surface area contributed by atoms with Gasteiger partial charge in [0.15, 0.2) is 5.69 Å². The number of nitrogens with one attached hydrogen (secondary N) is 1. The second-order valence-corrected chi connectivity index (χ2v) is 4.04. The SMILES string of the molecule is CCc1c(C(=O)O)nnn1CC(=O)NC1CC1. The zero-order valence-electron chi connectivity index (χ0n) is 9.51. The molecule has 1 aliphatic carbocycles. The number of rotatable bonds is 5. The zero-order valence-corrected chi connectivity index (χ0v) is 9.51. The van der Waals surface area contributed by atoms with Gasteiger partial charge < -0.3 is 10.4 Å². The van der Waals surface area contributed by atoms with Crippen LogP contribution in [0, 0.1) is 0 Å². The molecule has 0 saturated heterocycles. The highest BCUT2D eigenvalue weighted by atomic mass is 16.4. The van der Waals surface area contributed by atoms with Gasteiger partial charge in [0.05, 0.1) is 5.69 Å². The Morgan fingerprint density at radius 3 is 2.76 bits per heavy atom. The van der Waals surface area contributed by atoms with Crippen molar-refractivity contribution in [1.29, 1.82) is 0 Å². The minimum Gasteiger partial charge on any atom is -0.476 e. The summed E-state index contributed by atoms with van der Waals surface area (Å²) < 4.78 is 1.35. The van der Waals surface area contributed by atoms with Gasteiger partial charge in [-0.2, -0.15) is 0 Å². The number of hydrogen-bond donors (Lipinski definition) is 2. The first-order chi connectivity index (χ1) is 8.11. The summed E-state index contributed by atoms with van der Waals surface area (Å²) in [5.74, 6) is -1.26. The quantitative estimate of drug-likeness (QED) is 0.741. The molecule has 1 heterocycles. The number of carboxylic acids is 1. The number of aromatic carboxylic acids is 1. The fraction of sp³-hybridized carbons (Fsp3) is 0.600. The van der Waals surface area contributed by atoms with Crippen molar-refractivity contribution < 1.29 is 14.7 Å². The number of amides is 1. The molecule has 1 saturated carbocycles. The van der Waals surface area contributed by atoms with Crippen LogP contribution in [-0.2, 0) is 17.8 Å². The van der Waals surface area contributed by atoms with Gasteiger partial charge in [-0.3, -0.25) is 4.79 Å². The molecule has 7 heteroatoms. The molecule has 92 valence electrons. The molecule has 0 atom stereocenters. The van der Waals surface area contributed by atoms with Gasteiger partial charge in [-0.15, -0.1) is 5.10 Å². The molecule has 0 bridgehead atoms. The van der Waals surface area contributed by atoms with E-state index in [0.717, 1.165) is 12.8 Å². The molecule has 1 amide bonds. The highest BCUT2D eigenvalue weighted by Crippen LogP contribution is 2.18. The number of aromatic nitrogens is 3. The summed E-state index contributed by atoms with van der Waals surface area (Å²) in [7, 11) is 0. The van der Waals surface area contributed by atoms with Crippen molar-refractivity contribution in [2.24, 2.45) is 0 Å². The topological polar surface area (TPSA) is 97.1 Å². The van der Waals surface area contributed by atoms with E-state index in [9.17, 15) is 9.59 Å². The molecule has 1 aliphatic rings. The lowest BCUT2D eigenvalue weighted by molar-refractivity contribution is -0.122. The molecule has 0 aliphatic heterocycles. The van der Waals surface area contributed by atoms with E-state index in [-0.39, 0.29) is 24.2 Å². The predicted molar refractivity (Wildman–Crippen MR) is 57.5 cm³/mol. The molecule has 7 nitrogen and oxygen atoms in total. The summed E-state index contributed by atoms with van der Waals surface area (Å²) in [5.41, 5.74) is 0.398. The minimum atomic E-state index is -1.12. The van der Waals surface area contributed by atoms with E-state index in [2.05, 4.69) is 15.6 Å². The summed E-state index contributed by atoms with van der Waals surface area (Å²) in [5, 5.41) is 19.0. The second kappa shape index (κ2) is 4.52.